The molecule has 0 aliphatic heterocycles. The number of hydrogen-bond donors (Lipinski definition) is 0. The van der Waals surface area contributed by atoms with Crippen molar-refractivity contribution in [2.24, 2.45) is 0 Å². The van der Waals surface area contributed by atoms with Crippen LogP contribution in [-0.4, -0.2) is 19.3 Å². The molecule has 0 bridgehead atoms. The fourth-order valence-corrected chi connectivity index (χ4v) is 6.41. The second-order valence-electron chi connectivity index (χ2n) is 11.7. The SMILES string of the molecule is CCc1nn(-c2[c-]c(Oc3[c-]c4c(cc3)c3ccccc3n4-c3cc(C)ccn3)ccc2)c(CC)c1-c1c(C(F)(F)F)cccc1C(F)(F)F.[Pt+2]. The van der Waals surface area contributed by atoms with Crippen LogP contribution in [0.15, 0.2) is 91.1 Å². The summed E-state index contributed by atoms with van der Waals surface area (Å²) < 4.78 is 95.0. The third-order valence-corrected chi connectivity index (χ3v) is 8.54. The largest absolute Gasteiger partial charge is 2.00 e. The van der Waals surface area contributed by atoms with E-state index in [9.17, 15) is 26.3 Å². The number of benzene rings is 4. The van der Waals surface area contributed by atoms with Gasteiger partial charge in [0.1, 0.15) is 5.82 Å². The first-order valence-electron chi connectivity index (χ1n) is 15.9. The first-order chi connectivity index (χ1) is 23.9. The smallest absolute Gasteiger partial charge is 0.509 e. The third-order valence-electron chi connectivity index (χ3n) is 8.54. The van der Waals surface area contributed by atoms with E-state index in [1.54, 1.807) is 44.3 Å². The molecular weight excluding hydrogens is 850 g/mol. The van der Waals surface area contributed by atoms with Crippen molar-refractivity contribution in [1.29, 1.82) is 0 Å². The molecule has 262 valence electrons. The summed E-state index contributed by atoms with van der Waals surface area (Å²) in [6.45, 7) is 5.28. The Kier molecular flexibility index (Phi) is 9.63. The van der Waals surface area contributed by atoms with Crippen molar-refractivity contribution in [1.82, 2.24) is 19.3 Å². The minimum absolute atomic E-state index is 0. The average Bonchev–Trinajstić information content (AvgIpc) is 3.62. The third kappa shape index (κ3) is 6.55. The number of fused-ring (bicyclic) bond motifs is 3. The molecule has 12 heteroatoms. The molecule has 7 rings (SSSR count). The maximum absolute atomic E-state index is 14.2. The molecular formula is C39H28F6N4OPt. The molecule has 3 heterocycles. The van der Waals surface area contributed by atoms with Gasteiger partial charge in [-0.3, -0.25) is 4.68 Å². The summed E-state index contributed by atoms with van der Waals surface area (Å²) in [6.07, 6.45) is -8.14. The average molecular weight is 878 g/mol. The zero-order valence-corrected chi connectivity index (χ0v) is 29.6. The van der Waals surface area contributed by atoms with Crippen LogP contribution in [0.5, 0.6) is 11.5 Å². The van der Waals surface area contributed by atoms with Crippen LogP contribution in [0.4, 0.5) is 26.3 Å². The van der Waals surface area contributed by atoms with E-state index in [0.717, 1.165) is 33.4 Å². The van der Waals surface area contributed by atoms with E-state index in [2.05, 4.69) is 22.2 Å². The van der Waals surface area contributed by atoms with Crippen molar-refractivity contribution in [3.05, 3.63) is 131 Å². The Labute approximate surface area is 303 Å². The van der Waals surface area contributed by atoms with Crippen LogP contribution >= 0.6 is 0 Å². The van der Waals surface area contributed by atoms with Gasteiger partial charge in [-0.2, -0.15) is 43.6 Å². The summed E-state index contributed by atoms with van der Waals surface area (Å²) in [5.74, 6) is 1.33. The predicted molar refractivity (Wildman–Crippen MR) is 179 cm³/mol. The van der Waals surface area contributed by atoms with E-state index >= 15 is 0 Å². The van der Waals surface area contributed by atoms with Crippen LogP contribution < -0.4 is 4.74 Å². The maximum atomic E-state index is 14.2. The van der Waals surface area contributed by atoms with E-state index in [-0.39, 0.29) is 62.3 Å². The van der Waals surface area contributed by atoms with Gasteiger partial charge in [-0.25, -0.2) is 4.98 Å². The number of pyridine rings is 1. The molecule has 3 aromatic heterocycles. The van der Waals surface area contributed by atoms with Crippen LogP contribution in [-0.2, 0) is 46.3 Å². The molecule has 0 saturated heterocycles. The standard InChI is InChI=1S/C39H28F6N4O.Pt/c1-4-31-37(36-29(38(40,41)42)13-9-14-30(36)39(43,44)45)32(5-2)49(47-31)24-10-8-11-25(21-24)50-26-16-17-28-27-12-6-7-15-33(27)48(34(28)22-26)35-20-23(3)18-19-46-35;/h6-20H,4-5H2,1-3H3;/q-2;+2. The molecule has 4 aromatic carbocycles. The molecule has 0 radical (unpaired) electrons. The van der Waals surface area contributed by atoms with Crippen molar-refractivity contribution < 1.29 is 52.1 Å². The summed E-state index contributed by atoms with van der Waals surface area (Å²) in [6, 6.07) is 29.0. The van der Waals surface area contributed by atoms with Crippen LogP contribution in [0.2, 0.25) is 0 Å². The van der Waals surface area contributed by atoms with Gasteiger partial charge in [-0.1, -0.05) is 43.6 Å². The molecule has 0 atom stereocenters. The minimum Gasteiger partial charge on any atom is -0.509 e. The van der Waals surface area contributed by atoms with Crippen molar-refractivity contribution in [2.75, 3.05) is 0 Å². The number of aryl methyl sites for hydroxylation is 2. The Morgan fingerprint density at radius 3 is 2.08 bits per heavy atom. The summed E-state index contributed by atoms with van der Waals surface area (Å²) in [7, 11) is 0. The first-order valence-corrected chi connectivity index (χ1v) is 15.9. The number of para-hydroxylation sites is 1. The topological polar surface area (TPSA) is 44.9 Å². The second-order valence-corrected chi connectivity index (χ2v) is 11.7. The van der Waals surface area contributed by atoms with Crippen LogP contribution in [0.3, 0.4) is 0 Å². The summed E-state index contributed by atoms with van der Waals surface area (Å²) in [5, 5.41) is 6.49. The predicted octanol–water partition coefficient (Wildman–Crippen LogP) is 10.9. The van der Waals surface area contributed by atoms with Crippen LogP contribution in [0, 0.1) is 19.1 Å². The minimum atomic E-state index is -5.03. The molecule has 0 aliphatic rings. The molecule has 0 fully saturated rings. The zero-order chi connectivity index (χ0) is 35.4. The number of ether oxygens (including phenoxy) is 1. The Morgan fingerprint density at radius 2 is 1.41 bits per heavy atom. The van der Waals surface area contributed by atoms with Crippen molar-refractivity contribution in [2.45, 2.75) is 46.0 Å². The van der Waals surface area contributed by atoms with Gasteiger partial charge in [-0.15, -0.1) is 35.7 Å². The Bertz CT molecular complexity index is 2360. The van der Waals surface area contributed by atoms with E-state index in [1.165, 1.54) is 4.68 Å². The molecule has 0 N–H and O–H groups in total. The van der Waals surface area contributed by atoms with Gasteiger partial charge in [-0.05, 0) is 66.7 Å². The van der Waals surface area contributed by atoms with E-state index in [0.29, 0.717) is 23.7 Å². The Morgan fingerprint density at radius 1 is 0.725 bits per heavy atom. The van der Waals surface area contributed by atoms with Gasteiger partial charge in [0.25, 0.3) is 0 Å². The number of aromatic nitrogens is 4. The van der Waals surface area contributed by atoms with Gasteiger partial charge < -0.3 is 9.30 Å². The molecule has 51 heavy (non-hydrogen) atoms. The molecule has 0 unspecified atom stereocenters. The van der Waals surface area contributed by atoms with Crippen molar-refractivity contribution in [3.63, 3.8) is 0 Å². The Hall–Kier alpha value is -4.89. The number of halogens is 6. The fraction of sp³-hybridized carbons (Fsp3) is 0.179. The number of rotatable bonds is 7. The molecule has 0 aliphatic carbocycles. The molecule has 0 amide bonds. The molecule has 0 spiro atoms. The number of alkyl halides is 6. The van der Waals surface area contributed by atoms with Crippen LogP contribution in [0.25, 0.3) is 44.4 Å². The first kappa shape index (κ1) is 35.9. The summed E-state index contributed by atoms with van der Waals surface area (Å²) in [4.78, 5) is 4.59. The Balaban J connectivity index is 0.00000448. The number of hydrogen-bond acceptors (Lipinski definition) is 3. The van der Waals surface area contributed by atoms with Crippen molar-refractivity contribution >= 4 is 21.8 Å². The van der Waals surface area contributed by atoms with Gasteiger partial charge >= 0.3 is 33.4 Å². The summed E-state index contributed by atoms with van der Waals surface area (Å²) >= 11 is 0. The second kappa shape index (κ2) is 13.7. The van der Waals surface area contributed by atoms with Gasteiger partial charge in [0.05, 0.1) is 16.8 Å². The van der Waals surface area contributed by atoms with E-state index < -0.39 is 29.0 Å². The quantitative estimate of drug-likeness (QED) is 0.118. The van der Waals surface area contributed by atoms with Gasteiger partial charge in [0.15, 0.2) is 0 Å². The zero-order valence-electron chi connectivity index (χ0n) is 27.4. The van der Waals surface area contributed by atoms with Gasteiger partial charge in [0.2, 0.25) is 0 Å². The van der Waals surface area contributed by atoms with E-state index in [1.807, 2.05) is 54.0 Å². The van der Waals surface area contributed by atoms with Gasteiger partial charge in [0, 0.05) is 40.0 Å². The van der Waals surface area contributed by atoms with Crippen molar-refractivity contribution in [3.8, 4) is 34.1 Å². The summed E-state index contributed by atoms with van der Waals surface area (Å²) in [5.41, 5.74) is -0.583. The molecule has 5 nitrogen and oxygen atoms in total. The normalized spacial score (nSPS) is 12.0. The van der Waals surface area contributed by atoms with E-state index in [4.69, 9.17) is 4.74 Å². The maximum Gasteiger partial charge on any atom is 2.00 e. The fourth-order valence-electron chi connectivity index (χ4n) is 6.41. The van der Waals surface area contributed by atoms with Crippen LogP contribution in [0.1, 0.15) is 41.9 Å². The monoisotopic (exact) mass is 877 g/mol. The molecule has 0 saturated carbocycles. The molecule has 7 aromatic rings. The number of nitrogens with zero attached hydrogens (tertiary/aromatic N) is 4.